The number of amides is 3. The zero-order valence-corrected chi connectivity index (χ0v) is 79.8. The molecule has 3 aliphatic rings. The minimum atomic E-state index is -4.58. The molecule has 3 amide bonds. The summed E-state index contributed by atoms with van der Waals surface area (Å²) in [6.45, 7) is 32.6. The van der Waals surface area contributed by atoms with Crippen LogP contribution in [0.25, 0.3) is 33.4 Å². The Labute approximate surface area is 775 Å². The van der Waals surface area contributed by atoms with E-state index in [1.165, 1.54) is 21.6 Å². The molecule has 718 valence electrons. The highest BCUT2D eigenvalue weighted by Gasteiger charge is 2.44. The minimum absolute atomic E-state index is 0. The molecule has 12 rings (SSSR count). The van der Waals surface area contributed by atoms with Crippen molar-refractivity contribution < 1.29 is 105 Å². The number of piperazine rings is 3. The van der Waals surface area contributed by atoms with Gasteiger partial charge in [0.05, 0.1) is 168 Å². The number of ether oxygens (including phenoxy) is 2. The zero-order chi connectivity index (χ0) is 97.6. The highest BCUT2D eigenvalue weighted by atomic mass is 31.2. The molecule has 0 atom stereocenters. The van der Waals surface area contributed by atoms with Crippen molar-refractivity contribution in [3.63, 3.8) is 0 Å². The van der Waals surface area contributed by atoms with Crippen LogP contribution in [0.3, 0.4) is 0 Å². The first-order valence-corrected chi connectivity index (χ1v) is 45.3. The molecule has 9 aromatic rings. The summed E-state index contributed by atoms with van der Waals surface area (Å²) in [5.74, 6) is 0.617. The van der Waals surface area contributed by atoms with E-state index in [4.69, 9.17) is 38.7 Å². The Balaban J connectivity index is 0.000000223. The van der Waals surface area contributed by atoms with Crippen LogP contribution < -0.4 is 29.4 Å². The number of phosphoric ester groups is 1. The molecule has 3 fully saturated rings. The van der Waals surface area contributed by atoms with Gasteiger partial charge in [-0.1, -0.05) is 122 Å². The average Bonchev–Trinajstić information content (AvgIpc) is 0.768. The Hall–Kier alpha value is -11.1. The van der Waals surface area contributed by atoms with Gasteiger partial charge in [0.15, 0.2) is 6.73 Å². The smallest absolute Gasteiger partial charge is 0.415 e. The molecule has 6 heterocycles. The number of quaternary nitrogens is 3. The first-order valence-electron chi connectivity index (χ1n) is 43.7. The fourth-order valence-corrected chi connectivity index (χ4v) is 17.1. The van der Waals surface area contributed by atoms with Gasteiger partial charge >= 0.3 is 38.3 Å². The van der Waals surface area contributed by atoms with E-state index in [-0.39, 0.29) is 43.5 Å². The van der Waals surface area contributed by atoms with Crippen LogP contribution in [0.2, 0.25) is 0 Å². The monoisotopic (exact) mass is 1870 g/mol. The van der Waals surface area contributed by atoms with E-state index in [0.29, 0.717) is 136 Å². The number of phosphoric acid groups is 1. The number of anilines is 6. The topological polar surface area (TPSA) is 229 Å². The molecule has 0 bridgehead atoms. The number of halogens is 9. The maximum absolute atomic E-state index is 14.1. The van der Waals surface area contributed by atoms with Gasteiger partial charge < -0.3 is 53.1 Å². The summed E-state index contributed by atoms with van der Waals surface area (Å²) in [5, 5.41) is 0. The lowest BCUT2D eigenvalue weighted by atomic mass is 9.81. The van der Waals surface area contributed by atoms with E-state index >= 15 is 0 Å². The summed E-state index contributed by atoms with van der Waals surface area (Å²) in [7, 11) is 6.32. The average molecular weight is 1880 g/mol. The van der Waals surface area contributed by atoms with Crippen molar-refractivity contribution in [2.45, 2.75) is 152 Å². The van der Waals surface area contributed by atoms with Gasteiger partial charge in [-0.2, -0.15) is 39.5 Å². The first kappa shape index (κ1) is 106. The Morgan fingerprint density at radius 2 is 0.662 bits per heavy atom. The third-order valence-electron chi connectivity index (χ3n) is 25.4. The predicted octanol–water partition coefficient (Wildman–Crippen LogP) is 19.3. The van der Waals surface area contributed by atoms with Gasteiger partial charge in [-0.05, 0) is 194 Å². The summed E-state index contributed by atoms with van der Waals surface area (Å²) < 4.78 is 151. The molecule has 0 spiro atoms. The number of carbonyl (C=O) groups is 5. The maximum Gasteiger partial charge on any atom is 0.474 e. The molecule has 6 aromatic carbocycles. The molecular weight excluding hydrogens is 1750 g/mol. The Kier molecular flexibility index (Phi) is 33.2. The van der Waals surface area contributed by atoms with E-state index in [9.17, 15) is 68.1 Å². The second-order valence-electron chi connectivity index (χ2n) is 37.4. The van der Waals surface area contributed by atoms with Crippen LogP contribution in [0, 0.1) is 41.5 Å². The van der Waals surface area contributed by atoms with E-state index in [2.05, 4.69) is 28.8 Å². The SMILES string of the molecule is C.CC(=O)OC[N+]1(C)CCN(c2cc(-c3ccccc3C)c(N(C)C(=O)C(C)(C)c3cc(C)cc(C(F)(F)F)c3)cn2)CC1.CCCC(=O)OC[N+]1(C)CCN(c2cc(-c3ccccc3C)c(N(C)C(=O)C(C)(C)c3cc(C)cc(C(F)(F)F)c3)cn2)CC1.Cc1cc(C(F)(F)F)cc(C(C)(C)C(=O)N(C)c2cnc(N3CC[N+](C)(COP(=O)(O)O)CC3)cc2-c2ccccc2C)c1. The number of nitrogens with zero attached hydrogens (tertiary/aromatic N) is 12. The van der Waals surface area contributed by atoms with Gasteiger partial charge in [0.2, 0.25) is 31.2 Å². The van der Waals surface area contributed by atoms with Crippen LogP contribution in [-0.4, -0.2) is 209 Å². The minimum Gasteiger partial charge on any atom is -0.415 e. The van der Waals surface area contributed by atoms with Crippen LogP contribution in [0.5, 0.6) is 0 Å². The van der Waals surface area contributed by atoms with Crippen LogP contribution >= 0.6 is 7.82 Å². The molecule has 3 aromatic heterocycles. The third-order valence-corrected chi connectivity index (χ3v) is 25.9. The third kappa shape index (κ3) is 25.9. The highest BCUT2D eigenvalue weighted by molar-refractivity contribution is 7.46. The van der Waals surface area contributed by atoms with E-state index in [1.807, 2.05) is 126 Å². The lowest BCUT2D eigenvalue weighted by Crippen LogP contribution is -2.58. The van der Waals surface area contributed by atoms with Crippen LogP contribution in [0.1, 0.15) is 142 Å². The molecule has 0 saturated carbocycles. The van der Waals surface area contributed by atoms with Gasteiger partial charge in [0.25, 0.3) is 0 Å². The van der Waals surface area contributed by atoms with Gasteiger partial charge in [-0.25, -0.2) is 24.0 Å². The van der Waals surface area contributed by atoms with Crippen molar-refractivity contribution in [3.8, 4) is 33.4 Å². The highest BCUT2D eigenvalue weighted by Crippen LogP contribution is 2.46. The number of alkyl halides is 9. The van der Waals surface area contributed by atoms with Crippen molar-refractivity contribution in [2.24, 2.45) is 0 Å². The predicted molar refractivity (Wildman–Crippen MR) is 503 cm³/mol. The van der Waals surface area contributed by atoms with Crippen LogP contribution in [-0.2, 0) is 77.3 Å². The zero-order valence-electron chi connectivity index (χ0n) is 78.9. The second kappa shape index (κ2) is 41.8. The van der Waals surface area contributed by atoms with Gasteiger partial charge in [0, 0.05) is 51.2 Å². The summed E-state index contributed by atoms with van der Waals surface area (Å²) in [4.78, 5) is 109. The number of carbonyl (C=O) groups excluding carboxylic acids is 5. The van der Waals surface area contributed by atoms with Crippen molar-refractivity contribution in [1.82, 2.24) is 15.0 Å². The van der Waals surface area contributed by atoms with Crippen molar-refractivity contribution in [3.05, 3.63) is 231 Å². The van der Waals surface area contributed by atoms with Crippen molar-refractivity contribution in [2.75, 3.05) is 170 Å². The molecule has 133 heavy (non-hydrogen) atoms. The van der Waals surface area contributed by atoms with Crippen molar-refractivity contribution in [1.29, 1.82) is 0 Å². The Morgan fingerprint density at radius 3 is 0.910 bits per heavy atom. The molecule has 33 heteroatoms. The standard InChI is InChI=1S/C35H44F3N4O3.C33H40F3N4O3.C31H38F3N4O5P.CH4/c1-8-11-32(43)45-23-42(7)16-14-41(15-17-42)31-21-29(28-13-10-9-12-25(28)3)30(22-39-31)40(6)33(44)34(4,5)26-18-24(2)19-27(20-26)35(36,37)38;1-22-16-25(18-26(17-22)33(34,35)36)32(4,5)31(42)38(6)29-20-37-30(19-28(29)27-11-9-8-10-23(27)2)39-12-14-40(7,15-13-39)21-43-24(3)41;1-21-15-23(17-24(16-21)31(32,33)34)30(3,4)29(39)36(5)27-19-35-28(18-26(27)25-10-8-7-9-22(25)2)37-11-13-38(6,14-12-37)20-43-44(40,41)42;/h9-10,12-13,18-22H,8,11,14-17,23H2,1-7H3;8-11,16-20H,12-15,21H2,1-7H3;7-10,15-19H,11-14,20H2,1-6H3,(H-,40,41,42);1H4/q2*+1;;/p+1. The first-order chi connectivity index (χ1) is 61.4. The maximum atomic E-state index is 14.1. The van der Waals surface area contributed by atoms with Gasteiger partial charge in [0.1, 0.15) is 17.5 Å². The number of hydrogen-bond donors (Lipinski definition) is 2. The lowest BCUT2D eigenvalue weighted by Gasteiger charge is -2.42. The molecular formula is C100H127F9N12O11P+3. The molecule has 3 saturated heterocycles. The Bertz CT molecular complexity index is 5740. The number of likely N-dealkylation sites (N-methyl/N-ethyl adjacent to an activating group) is 6. The van der Waals surface area contributed by atoms with E-state index < -0.39 is 65.2 Å². The van der Waals surface area contributed by atoms with Crippen molar-refractivity contribution >= 4 is 72.0 Å². The number of aryl methyl sites for hydroxylation is 6. The number of aromatic nitrogens is 3. The number of pyridine rings is 3. The van der Waals surface area contributed by atoms with E-state index in [0.717, 1.165) is 131 Å². The number of rotatable bonds is 24. The molecule has 0 unspecified atom stereocenters. The summed E-state index contributed by atoms with van der Waals surface area (Å²) in [5.41, 5.74) is 5.73. The molecule has 3 aliphatic heterocycles. The number of hydrogen-bond acceptors (Lipinski definition) is 15. The lowest BCUT2D eigenvalue weighted by molar-refractivity contribution is -0.926. The Morgan fingerprint density at radius 1 is 0.406 bits per heavy atom. The number of esters is 2. The molecule has 0 radical (unpaired) electrons. The normalized spacial score (nSPS) is 15.3. The van der Waals surface area contributed by atoms with Crippen LogP contribution in [0.15, 0.2) is 164 Å². The largest absolute Gasteiger partial charge is 0.474 e. The van der Waals surface area contributed by atoms with Gasteiger partial charge in [-0.3, -0.25) is 32.9 Å². The van der Waals surface area contributed by atoms with Crippen LogP contribution in [0.4, 0.5) is 74.0 Å². The van der Waals surface area contributed by atoms with E-state index in [1.54, 1.807) is 120 Å². The molecule has 23 nitrogen and oxygen atoms in total. The molecule has 2 N–H and O–H groups in total. The summed E-state index contributed by atoms with van der Waals surface area (Å²) >= 11 is 0. The fraction of sp³-hybridized carbons (Fsp3) is 0.440. The quantitative estimate of drug-likeness (QED) is 0.0248. The summed E-state index contributed by atoms with van der Waals surface area (Å²) in [6.07, 6.45) is -7.45. The second-order valence-corrected chi connectivity index (χ2v) is 38.7. The van der Waals surface area contributed by atoms with Gasteiger partial charge in [-0.15, -0.1) is 0 Å². The number of benzene rings is 6. The fourth-order valence-electron chi connectivity index (χ4n) is 16.7. The summed E-state index contributed by atoms with van der Waals surface area (Å²) in [6, 6.07) is 40.6. The molecule has 0 aliphatic carbocycles.